The Morgan fingerprint density at radius 1 is 1.11 bits per heavy atom. The van der Waals surface area contributed by atoms with Crippen LogP contribution in [0.5, 0.6) is 0 Å². The summed E-state index contributed by atoms with van der Waals surface area (Å²) in [5, 5.41) is 9.26. The lowest BCUT2D eigenvalue weighted by Gasteiger charge is -2.41. The van der Waals surface area contributed by atoms with Gasteiger partial charge in [-0.15, -0.1) is 24.9 Å². The van der Waals surface area contributed by atoms with Crippen molar-refractivity contribution in [3.63, 3.8) is 0 Å². The van der Waals surface area contributed by atoms with Crippen molar-refractivity contribution < 1.29 is 24.2 Å². The van der Waals surface area contributed by atoms with Crippen molar-refractivity contribution in [3.8, 4) is 0 Å². The molecule has 3 aliphatic heterocycles. The molecule has 5 atom stereocenters. The number of allylic oxidation sites excluding steroid dienone is 1. The Morgan fingerprint density at radius 2 is 1.89 bits per heavy atom. The maximum absolute atomic E-state index is 14.4. The van der Waals surface area contributed by atoms with Crippen molar-refractivity contribution in [1.29, 1.82) is 0 Å². The molecule has 3 heterocycles. The molecule has 7 nitrogen and oxygen atoms in total. The number of esters is 1. The molecule has 8 heteroatoms. The van der Waals surface area contributed by atoms with Gasteiger partial charge in [-0.05, 0) is 57.8 Å². The molecule has 1 aliphatic carbocycles. The SMILES string of the molecule is C=CCCCOC(=O)[C@@H]1[C@@H]2CCC3(S2)C(C(=O)N(CC=C)C2CCCCC2)N(CCCCCO)C(=O)[C@H]13. The van der Waals surface area contributed by atoms with E-state index in [9.17, 15) is 19.5 Å². The van der Waals surface area contributed by atoms with Crippen LogP contribution >= 0.6 is 11.8 Å². The third kappa shape index (κ3) is 5.51. The molecule has 4 aliphatic rings. The summed E-state index contributed by atoms with van der Waals surface area (Å²) in [6, 6.07) is -0.384. The minimum absolute atomic E-state index is 0.0234. The molecular formula is C29H44N2O5S. The van der Waals surface area contributed by atoms with E-state index in [1.54, 1.807) is 22.7 Å². The molecule has 2 unspecified atom stereocenters. The third-order valence-corrected chi connectivity index (χ3v) is 10.7. The lowest BCUT2D eigenvalue weighted by Crippen LogP contribution is -2.57. The van der Waals surface area contributed by atoms with E-state index in [1.165, 1.54) is 6.42 Å². The van der Waals surface area contributed by atoms with Gasteiger partial charge in [0.2, 0.25) is 11.8 Å². The number of likely N-dealkylation sites (tertiary alicyclic amines) is 1. The molecule has 2 bridgehead atoms. The van der Waals surface area contributed by atoms with E-state index in [-0.39, 0.29) is 35.7 Å². The molecule has 37 heavy (non-hydrogen) atoms. The Labute approximate surface area is 226 Å². The van der Waals surface area contributed by atoms with Gasteiger partial charge in [0.05, 0.1) is 23.2 Å². The van der Waals surface area contributed by atoms with Gasteiger partial charge >= 0.3 is 5.97 Å². The number of hydrogen-bond acceptors (Lipinski definition) is 6. The van der Waals surface area contributed by atoms with Crippen molar-refractivity contribution in [2.75, 3.05) is 26.3 Å². The number of thioether (sulfide) groups is 1. The van der Waals surface area contributed by atoms with Crippen molar-refractivity contribution in [2.45, 2.75) is 99.1 Å². The van der Waals surface area contributed by atoms with Gasteiger partial charge in [-0.25, -0.2) is 0 Å². The zero-order valence-electron chi connectivity index (χ0n) is 22.2. The number of ether oxygens (including phenoxy) is 1. The molecule has 1 saturated carbocycles. The summed E-state index contributed by atoms with van der Waals surface area (Å²) < 4.78 is 5.08. The van der Waals surface area contributed by atoms with E-state index in [2.05, 4.69) is 13.2 Å². The number of aliphatic hydroxyl groups is 1. The van der Waals surface area contributed by atoms with Gasteiger partial charge in [0, 0.05) is 31.0 Å². The van der Waals surface area contributed by atoms with Crippen LogP contribution in [-0.2, 0) is 19.1 Å². The summed E-state index contributed by atoms with van der Waals surface area (Å²) in [7, 11) is 0. The first-order chi connectivity index (χ1) is 18.0. The van der Waals surface area contributed by atoms with E-state index in [1.807, 2.05) is 11.0 Å². The number of aliphatic hydroxyl groups excluding tert-OH is 1. The number of unbranched alkanes of at least 4 members (excludes halogenated alkanes) is 3. The molecular weight excluding hydrogens is 488 g/mol. The van der Waals surface area contributed by atoms with E-state index in [0.29, 0.717) is 26.1 Å². The number of nitrogens with zero attached hydrogens (tertiary/aromatic N) is 2. The summed E-state index contributed by atoms with van der Waals surface area (Å²) in [6.45, 7) is 9.05. The molecule has 1 N–H and O–H groups in total. The highest BCUT2D eigenvalue weighted by atomic mass is 32.2. The largest absolute Gasteiger partial charge is 0.465 e. The second-order valence-corrected chi connectivity index (χ2v) is 12.6. The number of rotatable bonds is 14. The van der Waals surface area contributed by atoms with Gasteiger partial charge < -0.3 is 19.6 Å². The van der Waals surface area contributed by atoms with Crippen molar-refractivity contribution in [3.05, 3.63) is 25.3 Å². The summed E-state index contributed by atoms with van der Waals surface area (Å²) in [6.07, 6.45) is 14.3. The molecule has 4 rings (SSSR count). The second-order valence-electron chi connectivity index (χ2n) is 11.0. The maximum Gasteiger partial charge on any atom is 0.310 e. The third-order valence-electron chi connectivity index (χ3n) is 8.78. The van der Waals surface area contributed by atoms with Crippen molar-refractivity contribution >= 4 is 29.5 Å². The molecule has 0 radical (unpaired) electrons. The summed E-state index contributed by atoms with van der Waals surface area (Å²) in [4.78, 5) is 45.5. The molecule has 0 aromatic rings. The lowest BCUT2D eigenvalue weighted by atomic mass is 9.71. The number of carbonyl (C=O) groups excluding carboxylic acids is 3. The van der Waals surface area contributed by atoms with Crippen LogP contribution in [0.3, 0.4) is 0 Å². The fourth-order valence-electron chi connectivity index (χ4n) is 7.12. The van der Waals surface area contributed by atoms with Crippen molar-refractivity contribution in [2.24, 2.45) is 11.8 Å². The van der Waals surface area contributed by atoms with Gasteiger partial charge in [-0.2, -0.15) is 0 Å². The Kier molecular flexibility index (Phi) is 9.79. The molecule has 2 amide bonds. The Morgan fingerprint density at radius 3 is 2.59 bits per heavy atom. The number of hydrogen-bond donors (Lipinski definition) is 1. The Bertz CT molecular complexity index is 859. The molecule has 0 aromatic heterocycles. The van der Waals surface area contributed by atoms with Gasteiger partial charge in [-0.3, -0.25) is 14.4 Å². The first-order valence-electron chi connectivity index (χ1n) is 14.3. The van der Waals surface area contributed by atoms with Gasteiger partial charge in [-0.1, -0.05) is 31.4 Å². The van der Waals surface area contributed by atoms with Crippen LogP contribution in [0.1, 0.15) is 77.0 Å². The van der Waals surface area contributed by atoms with Crippen LogP contribution in [0, 0.1) is 11.8 Å². The minimum atomic E-state index is -0.575. The van der Waals surface area contributed by atoms with E-state index < -0.39 is 22.6 Å². The fourth-order valence-corrected chi connectivity index (χ4v) is 9.32. The average molecular weight is 533 g/mol. The highest BCUT2D eigenvalue weighted by Gasteiger charge is 2.74. The van der Waals surface area contributed by atoms with E-state index >= 15 is 0 Å². The molecule has 206 valence electrons. The van der Waals surface area contributed by atoms with Gasteiger partial charge in [0.15, 0.2) is 0 Å². The number of carbonyl (C=O) groups is 3. The number of amides is 2. The molecule has 3 saturated heterocycles. The fraction of sp³-hybridized carbons (Fsp3) is 0.759. The van der Waals surface area contributed by atoms with E-state index in [0.717, 1.165) is 64.2 Å². The monoisotopic (exact) mass is 532 g/mol. The highest BCUT2D eigenvalue weighted by molar-refractivity contribution is 8.02. The second kappa shape index (κ2) is 12.8. The normalized spacial score (nSPS) is 30.8. The quantitative estimate of drug-likeness (QED) is 0.206. The highest BCUT2D eigenvalue weighted by Crippen LogP contribution is 2.66. The topological polar surface area (TPSA) is 87.2 Å². The molecule has 0 aromatic carbocycles. The maximum atomic E-state index is 14.4. The summed E-state index contributed by atoms with van der Waals surface area (Å²) in [5.74, 6) is -1.32. The molecule has 1 spiro atoms. The predicted octanol–water partition coefficient (Wildman–Crippen LogP) is 4.10. The summed E-state index contributed by atoms with van der Waals surface area (Å²) in [5.41, 5.74) is 0. The zero-order chi connectivity index (χ0) is 26.4. The average Bonchev–Trinajstić information content (AvgIpc) is 3.55. The molecule has 4 fully saturated rings. The Balaban J connectivity index is 1.61. The van der Waals surface area contributed by atoms with Gasteiger partial charge in [0.1, 0.15) is 6.04 Å². The van der Waals surface area contributed by atoms with Crippen LogP contribution in [0.4, 0.5) is 0 Å². The zero-order valence-corrected chi connectivity index (χ0v) is 23.0. The van der Waals surface area contributed by atoms with Crippen LogP contribution in [-0.4, -0.2) is 81.1 Å². The van der Waals surface area contributed by atoms with Crippen molar-refractivity contribution in [1.82, 2.24) is 9.80 Å². The van der Waals surface area contributed by atoms with Crippen LogP contribution in [0.2, 0.25) is 0 Å². The standard InChI is InChI=1S/C29H44N2O5S/c1-3-5-12-20-36-28(35)23-22-15-16-29(37-22)24(23)26(33)31(18-10-7-11-19-32)25(29)27(34)30(17-4-2)21-13-8-6-9-14-21/h3-4,21-25,32H,1-2,5-20H2/t22-,23+,24-,25?,29?/m0/s1. The first-order valence-corrected chi connectivity index (χ1v) is 15.2. The smallest absolute Gasteiger partial charge is 0.310 e. The van der Waals surface area contributed by atoms with Crippen LogP contribution in [0.15, 0.2) is 25.3 Å². The minimum Gasteiger partial charge on any atom is -0.465 e. The van der Waals surface area contributed by atoms with Crippen LogP contribution in [0.25, 0.3) is 0 Å². The first kappa shape index (κ1) is 28.2. The van der Waals surface area contributed by atoms with Gasteiger partial charge in [0.25, 0.3) is 0 Å². The summed E-state index contributed by atoms with van der Waals surface area (Å²) >= 11 is 1.71. The number of fused-ring (bicyclic) bond motifs is 1. The Hall–Kier alpha value is -1.80. The predicted molar refractivity (Wildman–Crippen MR) is 146 cm³/mol. The van der Waals surface area contributed by atoms with Crippen LogP contribution < -0.4 is 0 Å². The van der Waals surface area contributed by atoms with E-state index in [4.69, 9.17) is 4.74 Å². The lowest BCUT2D eigenvalue weighted by molar-refractivity contribution is -0.154.